The normalized spacial score (nSPS) is 10.0. The molecule has 0 aromatic rings. The van der Waals surface area contributed by atoms with Gasteiger partial charge in [-0.25, -0.2) is 0 Å². The van der Waals surface area contributed by atoms with Gasteiger partial charge >= 0.3 is 0 Å². The molecule has 0 aliphatic carbocycles. The van der Waals surface area contributed by atoms with Gasteiger partial charge < -0.3 is 10.1 Å². The van der Waals surface area contributed by atoms with Crippen molar-refractivity contribution in [1.29, 1.82) is 0 Å². The van der Waals surface area contributed by atoms with E-state index in [4.69, 9.17) is 4.74 Å². The molecule has 0 spiro atoms. The lowest BCUT2D eigenvalue weighted by Gasteiger charge is -2.03. The van der Waals surface area contributed by atoms with Crippen LogP contribution in [0.3, 0.4) is 0 Å². The molecule has 0 heterocycles. The summed E-state index contributed by atoms with van der Waals surface area (Å²) in [6, 6.07) is 0. The maximum atomic E-state index is 5.16. The minimum Gasteiger partial charge on any atom is -0.380 e. The summed E-state index contributed by atoms with van der Waals surface area (Å²) >= 11 is 0. The molecule has 0 atom stereocenters. The van der Waals surface area contributed by atoms with Crippen LogP contribution in [0.2, 0.25) is 0 Å². The first kappa shape index (κ1) is 10.7. The average molecular weight is 157 g/mol. The first-order valence-electron chi connectivity index (χ1n) is 4.20. The number of hydrogen-bond acceptors (Lipinski definition) is 2. The molecule has 0 rings (SSSR count). The summed E-state index contributed by atoms with van der Waals surface area (Å²) < 4.78 is 5.16. The summed E-state index contributed by atoms with van der Waals surface area (Å²) in [5.74, 6) is 0. The fraction of sp³-hybridized carbons (Fsp3) is 0.778. The molecule has 0 radical (unpaired) electrons. The predicted octanol–water partition coefficient (Wildman–Crippen LogP) is 1.58. The fourth-order valence-corrected chi connectivity index (χ4v) is 0.715. The summed E-state index contributed by atoms with van der Waals surface area (Å²) in [6.45, 7) is 11.5. The van der Waals surface area contributed by atoms with E-state index in [0.717, 1.165) is 32.7 Å². The molecule has 66 valence electrons. The van der Waals surface area contributed by atoms with Crippen LogP contribution in [0.25, 0.3) is 0 Å². The minimum absolute atomic E-state index is 0.808. The third-order valence-corrected chi connectivity index (χ3v) is 1.36. The van der Waals surface area contributed by atoms with Crippen LogP contribution >= 0.6 is 0 Å². The Balaban J connectivity index is 2.85. The van der Waals surface area contributed by atoms with Gasteiger partial charge in [0.15, 0.2) is 0 Å². The largest absolute Gasteiger partial charge is 0.380 e. The van der Waals surface area contributed by atoms with E-state index in [1.807, 2.05) is 13.8 Å². The molecule has 0 bridgehead atoms. The van der Waals surface area contributed by atoms with Crippen molar-refractivity contribution in [2.45, 2.75) is 20.3 Å². The van der Waals surface area contributed by atoms with Gasteiger partial charge in [-0.15, -0.1) is 6.58 Å². The highest BCUT2D eigenvalue weighted by molar-refractivity contribution is 4.87. The predicted molar refractivity (Wildman–Crippen MR) is 48.8 cm³/mol. The molecule has 2 nitrogen and oxygen atoms in total. The second-order valence-electron chi connectivity index (χ2n) is 2.65. The Hall–Kier alpha value is -0.340. The minimum atomic E-state index is 0.808. The van der Waals surface area contributed by atoms with E-state index in [1.54, 1.807) is 0 Å². The molecular weight excluding hydrogens is 138 g/mol. The maximum absolute atomic E-state index is 5.16. The van der Waals surface area contributed by atoms with Crippen LogP contribution in [0, 0.1) is 0 Å². The Morgan fingerprint density at radius 3 is 2.73 bits per heavy atom. The maximum Gasteiger partial charge on any atom is 0.0590 e. The van der Waals surface area contributed by atoms with E-state index < -0.39 is 0 Å². The summed E-state index contributed by atoms with van der Waals surface area (Å²) in [5, 5.41) is 3.27. The molecule has 0 aromatic carbocycles. The van der Waals surface area contributed by atoms with Crippen molar-refractivity contribution in [3.8, 4) is 0 Å². The Labute approximate surface area is 69.6 Å². The SMILES string of the molecule is C=C(C)CCNCCOCC. The Morgan fingerprint density at radius 2 is 2.18 bits per heavy atom. The summed E-state index contributed by atoms with van der Waals surface area (Å²) in [5.41, 5.74) is 1.23. The van der Waals surface area contributed by atoms with Gasteiger partial charge in [-0.05, 0) is 26.8 Å². The number of nitrogens with one attached hydrogen (secondary N) is 1. The van der Waals surface area contributed by atoms with Gasteiger partial charge in [0.25, 0.3) is 0 Å². The molecule has 0 fully saturated rings. The van der Waals surface area contributed by atoms with Gasteiger partial charge in [0, 0.05) is 13.2 Å². The first-order valence-corrected chi connectivity index (χ1v) is 4.20. The van der Waals surface area contributed by atoms with Crippen molar-refractivity contribution < 1.29 is 4.74 Å². The van der Waals surface area contributed by atoms with Gasteiger partial charge in [-0.1, -0.05) is 5.57 Å². The van der Waals surface area contributed by atoms with Gasteiger partial charge in [0.2, 0.25) is 0 Å². The molecule has 11 heavy (non-hydrogen) atoms. The molecule has 0 saturated heterocycles. The second kappa shape index (κ2) is 7.76. The molecule has 0 aromatic heterocycles. The smallest absolute Gasteiger partial charge is 0.0590 e. The van der Waals surface area contributed by atoms with Crippen LogP contribution in [-0.2, 0) is 4.74 Å². The zero-order valence-corrected chi connectivity index (χ0v) is 7.65. The third-order valence-electron chi connectivity index (χ3n) is 1.36. The summed E-state index contributed by atoms with van der Waals surface area (Å²) in [6.07, 6.45) is 1.06. The lowest BCUT2D eigenvalue weighted by molar-refractivity contribution is 0.149. The van der Waals surface area contributed by atoms with Gasteiger partial charge in [0.1, 0.15) is 0 Å². The third kappa shape index (κ3) is 9.66. The van der Waals surface area contributed by atoms with Crippen molar-refractivity contribution in [2.75, 3.05) is 26.3 Å². The monoisotopic (exact) mass is 157 g/mol. The molecule has 0 aliphatic rings. The molecule has 0 saturated carbocycles. The zero-order chi connectivity index (χ0) is 8.53. The van der Waals surface area contributed by atoms with Crippen molar-refractivity contribution in [3.63, 3.8) is 0 Å². The first-order chi connectivity index (χ1) is 5.27. The summed E-state index contributed by atoms with van der Waals surface area (Å²) in [7, 11) is 0. The van der Waals surface area contributed by atoms with E-state index in [2.05, 4.69) is 11.9 Å². The fourth-order valence-electron chi connectivity index (χ4n) is 0.715. The molecule has 1 N–H and O–H groups in total. The topological polar surface area (TPSA) is 21.3 Å². The van der Waals surface area contributed by atoms with Gasteiger partial charge in [-0.3, -0.25) is 0 Å². The van der Waals surface area contributed by atoms with E-state index in [1.165, 1.54) is 5.57 Å². The highest BCUT2D eigenvalue weighted by Crippen LogP contribution is 1.91. The van der Waals surface area contributed by atoms with Crippen molar-refractivity contribution in [3.05, 3.63) is 12.2 Å². The number of ether oxygens (including phenoxy) is 1. The quantitative estimate of drug-likeness (QED) is 0.447. The van der Waals surface area contributed by atoms with Crippen LogP contribution in [0.5, 0.6) is 0 Å². The zero-order valence-electron chi connectivity index (χ0n) is 7.65. The Bertz CT molecular complexity index is 102. The molecular formula is C9H19NO. The van der Waals surface area contributed by atoms with Crippen LogP contribution in [0.4, 0.5) is 0 Å². The van der Waals surface area contributed by atoms with E-state index in [-0.39, 0.29) is 0 Å². The lowest BCUT2D eigenvalue weighted by Crippen LogP contribution is -2.20. The Kier molecular flexibility index (Phi) is 7.52. The molecule has 2 heteroatoms. The van der Waals surface area contributed by atoms with Crippen LogP contribution in [0.1, 0.15) is 20.3 Å². The number of rotatable bonds is 7. The van der Waals surface area contributed by atoms with Gasteiger partial charge in [0.05, 0.1) is 6.61 Å². The van der Waals surface area contributed by atoms with Crippen LogP contribution in [0.15, 0.2) is 12.2 Å². The highest BCUT2D eigenvalue weighted by atomic mass is 16.5. The van der Waals surface area contributed by atoms with Gasteiger partial charge in [-0.2, -0.15) is 0 Å². The average Bonchev–Trinajstić information content (AvgIpc) is 1.96. The highest BCUT2D eigenvalue weighted by Gasteiger charge is 1.87. The second-order valence-corrected chi connectivity index (χ2v) is 2.65. The summed E-state index contributed by atoms with van der Waals surface area (Å²) in [4.78, 5) is 0. The molecule has 0 amide bonds. The van der Waals surface area contributed by atoms with Crippen molar-refractivity contribution in [1.82, 2.24) is 5.32 Å². The van der Waals surface area contributed by atoms with E-state index in [9.17, 15) is 0 Å². The molecule has 0 unspecified atom stereocenters. The van der Waals surface area contributed by atoms with Crippen molar-refractivity contribution >= 4 is 0 Å². The lowest BCUT2D eigenvalue weighted by atomic mass is 10.2. The van der Waals surface area contributed by atoms with Crippen LogP contribution < -0.4 is 5.32 Å². The van der Waals surface area contributed by atoms with E-state index >= 15 is 0 Å². The standard InChI is InChI=1S/C9H19NO/c1-4-11-8-7-10-6-5-9(2)3/h10H,2,4-8H2,1,3H3. The van der Waals surface area contributed by atoms with Crippen LogP contribution in [-0.4, -0.2) is 26.3 Å². The Morgan fingerprint density at radius 1 is 1.45 bits per heavy atom. The van der Waals surface area contributed by atoms with E-state index in [0.29, 0.717) is 0 Å². The van der Waals surface area contributed by atoms with Crippen molar-refractivity contribution in [2.24, 2.45) is 0 Å². The number of hydrogen-bond donors (Lipinski definition) is 1. The molecule has 0 aliphatic heterocycles.